The van der Waals surface area contributed by atoms with E-state index in [1.165, 1.54) is 12.1 Å². The number of halogens is 3. The highest BCUT2D eigenvalue weighted by Crippen LogP contribution is 2.35. The average Bonchev–Trinajstić information content (AvgIpc) is 2.93. The summed E-state index contributed by atoms with van der Waals surface area (Å²) in [5, 5.41) is 0. The van der Waals surface area contributed by atoms with Crippen LogP contribution in [0.25, 0.3) is 0 Å². The topological polar surface area (TPSA) is 65.1 Å². The molecule has 1 heterocycles. The summed E-state index contributed by atoms with van der Waals surface area (Å²) in [7, 11) is 0. The van der Waals surface area contributed by atoms with Crippen LogP contribution < -0.4 is 4.74 Å². The summed E-state index contributed by atoms with van der Waals surface area (Å²) in [4.78, 5) is 27.6. The Morgan fingerprint density at radius 2 is 1.49 bits per heavy atom. The van der Waals surface area contributed by atoms with Gasteiger partial charge in [-0.2, -0.15) is 13.2 Å². The normalized spacial score (nSPS) is 18.3. The number of esters is 1. The zero-order chi connectivity index (χ0) is 29.6. The maximum atomic E-state index is 13.3. The molecule has 3 aromatic rings. The smallest absolute Gasteiger partial charge is 0.416 e. The molecule has 1 amide bonds. The Bertz CT molecular complexity index is 1290. The molecule has 3 unspecified atom stereocenters. The molecule has 0 radical (unpaired) electrons. The quantitative estimate of drug-likeness (QED) is 0.271. The van der Waals surface area contributed by atoms with Crippen molar-refractivity contribution in [2.45, 2.75) is 70.1 Å². The molecule has 0 bridgehead atoms. The summed E-state index contributed by atoms with van der Waals surface area (Å²) in [6, 6.07) is 22.2. The minimum absolute atomic E-state index is 0.139. The van der Waals surface area contributed by atoms with Crippen molar-refractivity contribution in [2.75, 3.05) is 6.54 Å². The Morgan fingerprint density at radius 3 is 2.07 bits per heavy atom. The molecule has 4 rings (SSSR count). The lowest BCUT2D eigenvalue weighted by molar-refractivity contribution is -0.137. The highest BCUT2D eigenvalue weighted by atomic mass is 19.4. The van der Waals surface area contributed by atoms with Gasteiger partial charge in [0, 0.05) is 12.5 Å². The highest BCUT2D eigenvalue weighted by molar-refractivity contribution is 5.89. The summed E-state index contributed by atoms with van der Waals surface area (Å²) >= 11 is 0. The third-order valence-corrected chi connectivity index (χ3v) is 6.69. The molecule has 3 atom stereocenters. The first kappa shape index (κ1) is 30.0. The van der Waals surface area contributed by atoms with Crippen LogP contribution in [0, 0.1) is 0 Å². The van der Waals surface area contributed by atoms with Crippen molar-refractivity contribution in [1.29, 1.82) is 0 Å². The molecule has 0 N–H and O–H groups in total. The maximum Gasteiger partial charge on any atom is 0.416 e. The first-order chi connectivity index (χ1) is 19.4. The van der Waals surface area contributed by atoms with Crippen LogP contribution >= 0.6 is 0 Å². The summed E-state index contributed by atoms with van der Waals surface area (Å²) in [5.41, 5.74) is -0.271. The maximum absolute atomic E-state index is 13.3. The molecule has 0 aliphatic carbocycles. The van der Waals surface area contributed by atoms with Crippen LogP contribution in [0.4, 0.5) is 18.0 Å². The van der Waals surface area contributed by atoms with Gasteiger partial charge in [-0.15, -0.1) is 0 Å². The van der Waals surface area contributed by atoms with Crippen molar-refractivity contribution in [2.24, 2.45) is 0 Å². The zero-order valence-electron chi connectivity index (χ0n) is 23.3. The fraction of sp³-hybridized carbons (Fsp3) is 0.375. The zero-order valence-corrected chi connectivity index (χ0v) is 23.3. The number of amides is 1. The van der Waals surface area contributed by atoms with Gasteiger partial charge in [0.25, 0.3) is 0 Å². The molecular weight excluding hydrogens is 535 g/mol. The van der Waals surface area contributed by atoms with Gasteiger partial charge in [-0.3, -0.25) is 0 Å². The molecular formula is C32H34F3NO5. The van der Waals surface area contributed by atoms with E-state index >= 15 is 0 Å². The van der Waals surface area contributed by atoms with Gasteiger partial charge in [-0.05, 0) is 75.6 Å². The number of rotatable bonds is 7. The molecule has 9 heteroatoms. The van der Waals surface area contributed by atoms with Gasteiger partial charge >= 0.3 is 18.2 Å². The Kier molecular flexibility index (Phi) is 9.25. The van der Waals surface area contributed by atoms with Crippen LogP contribution in [0.5, 0.6) is 5.75 Å². The van der Waals surface area contributed by atoms with Crippen LogP contribution in [-0.2, 0) is 15.7 Å². The molecule has 218 valence electrons. The van der Waals surface area contributed by atoms with Crippen molar-refractivity contribution < 1.29 is 37.0 Å². The lowest BCUT2D eigenvalue weighted by Crippen LogP contribution is -2.52. The fourth-order valence-corrected chi connectivity index (χ4v) is 4.73. The number of carbonyl (C=O) groups is 2. The van der Waals surface area contributed by atoms with Gasteiger partial charge in [0.2, 0.25) is 0 Å². The van der Waals surface area contributed by atoms with Gasteiger partial charge in [-0.25, -0.2) is 9.59 Å². The van der Waals surface area contributed by atoms with Crippen molar-refractivity contribution in [1.82, 2.24) is 4.90 Å². The molecule has 41 heavy (non-hydrogen) atoms. The van der Waals surface area contributed by atoms with E-state index in [1.54, 1.807) is 49.9 Å². The van der Waals surface area contributed by atoms with E-state index in [0.717, 1.165) is 17.7 Å². The molecule has 1 aliphatic heterocycles. The molecule has 3 aromatic carbocycles. The van der Waals surface area contributed by atoms with Crippen LogP contribution in [-0.4, -0.2) is 41.3 Å². The predicted molar refractivity (Wildman–Crippen MR) is 147 cm³/mol. The molecule has 1 saturated heterocycles. The van der Waals surface area contributed by atoms with Crippen LogP contribution in [0.3, 0.4) is 0 Å². The number of alkyl halides is 3. The molecule has 1 aliphatic rings. The van der Waals surface area contributed by atoms with Crippen LogP contribution in [0.1, 0.15) is 67.6 Å². The average molecular weight is 570 g/mol. The number of ether oxygens (including phenoxy) is 3. The summed E-state index contributed by atoms with van der Waals surface area (Å²) in [5.74, 6) is -0.188. The number of carbonyl (C=O) groups excluding carboxylic acids is 2. The second kappa shape index (κ2) is 12.7. The van der Waals surface area contributed by atoms with Gasteiger partial charge in [0.05, 0.1) is 17.7 Å². The lowest BCUT2D eigenvalue weighted by Gasteiger charge is -2.41. The first-order valence-corrected chi connectivity index (χ1v) is 13.5. The van der Waals surface area contributed by atoms with E-state index in [9.17, 15) is 22.8 Å². The largest absolute Gasteiger partial charge is 0.486 e. The van der Waals surface area contributed by atoms with E-state index in [2.05, 4.69) is 0 Å². The van der Waals surface area contributed by atoms with Crippen molar-refractivity contribution >= 4 is 12.1 Å². The monoisotopic (exact) mass is 569 g/mol. The van der Waals surface area contributed by atoms with E-state index in [-0.39, 0.29) is 18.3 Å². The van der Waals surface area contributed by atoms with Crippen molar-refractivity contribution in [3.63, 3.8) is 0 Å². The Balaban J connectivity index is 1.55. The number of hydrogen-bond donors (Lipinski definition) is 0. The molecule has 0 spiro atoms. The second-order valence-electron chi connectivity index (χ2n) is 11.0. The molecule has 1 fully saturated rings. The molecule has 6 nitrogen and oxygen atoms in total. The third-order valence-electron chi connectivity index (χ3n) is 6.69. The van der Waals surface area contributed by atoms with Gasteiger partial charge in [-0.1, -0.05) is 48.5 Å². The number of nitrogens with zero attached hydrogens (tertiary/aromatic N) is 1. The standard InChI is InChI=1S/C32H34F3NO5/c1-31(2,3)41-30(38)36-21-27(40-29(37)23-12-8-5-9-13-23)19-16-25(36)20-28(22-10-6-4-7-11-22)39-26-17-14-24(15-18-26)32(33,34)35/h4-15,17-18,25,27-28H,16,19-21H2,1-3H3. The lowest BCUT2D eigenvalue weighted by atomic mass is 9.93. The summed E-state index contributed by atoms with van der Waals surface area (Å²) in [6.07, 6.45) is -4.71. The van der Waals surface area contributed by atoms with Gasteiger partial charge in [0.15, 0.2) is 0 Å². The predicted octanol–water partition coefficient (Wildman–Crippen LogP) is 7.84. The molecule has 0 aromatic heterocycles. The van der Waals surface area contributed by atoms with E-state index in [4.69, 9.17) is 14.2 Å². The van der Waals surface area contributed by atoms with E-state index in [0.29, 0.717) is 24.8 Å². The summed E-state index contributed by atoms with van der Waals surface area (Å²) < 4.78 is 56.9. The second-order valence-corrected chi connectivity index (χ2v) is 11.0. The van der Waals surface area contributed by atoms with E-state index < -0.39 is 41.6 Å². The highest BCUT2D eigenvalue weighted by Gasteiger charge is 2.38. The van der Waals surface area contributed by atoms with Crippen molar-refractivity contribution in [3.8, 4) is 5.75 Å². The Hall–Kier alpha value is -4.01. The first-order valence-electron chi connectivity index (χ1n) is 13.5. The van der Waals surface area contributed by atoms with Gasteiger partial charge < -0.3 is 19.1 Å². The summed E-state index contributed by atoms with van der Waals surface area (Å²) in [6.45, 7) is 5.46. The van der Waals surface area contributed by atoms with Crippen LogP contribution in [0.2, 0.25) is 0 Å². The SMILES string of the molecule is CC(C)(C)OC(=O)N1CC(OC(=O)c2ccccc2)CCC1CC(Oc1ccc(C(F)(F)F)cc1)c1ccccc1. The molecule has 0 saturated carbocycles. The fourth-order valence-electron chi connectivity index (χ4n) is 4.73. The number of piperidine rings is 1. The minimum atomic E-state index is -4.45. The minimum Gasteiger partial charge on any atom is -0.486 e. The third kappa shape index (κ3) is 8.49. The van der Waals surface area contributed by atoms with Gasteiger partial charge in [0.1, 0.15) is 23.6 Å². The van der Waals surface area contributed by atoms with Crippen LogP contribution in [0.15, 0.2) is 84.9 Å². The Morgan fingerprint density at radius 1 is 0.878 bits per heavy atom. The number of likely N-dealkylation sites (tertiary alicyclic amines) is 1. The van der Waals surface area contributed by atoms with E-state index in [1.807, 2.05) is 36.4 Å². The number of hydrogen-bond acceptors (Lipinski definition) is 5. The Labute approximate surface area is 238 Å². The van der Waals surface area contributed by atoms with Crippen molar-refractivity contribution in [3.05, 3.63) is 102 Å². The number of benzene rings is 3.